The monoisotopic (exact) mass is 440 g/mol. The zero-order valence-electron chi connectivity index (χ0n) is 16.2. The number of nitrogens with zero attached hydrogens (tertiary/aromatic N) is 4. The first-order valence-corrected chi connectivity index (χ1v) is 10.6. The van der Waals surface area contributed by atoms with Crippen molar-refractivity contribution in [2.24, 2.45) is 0 Å². The minimum absolute atomic E-state index is 0.0240. The molecule has 5 nitrogen and oxygen atoms in total. The molecule has 1 aromatic carbocycles. The summed E-state index contributed by atoms with van der Waals surface area (Å²) in [5.41, 5.74) is 1.97. The van der Waals surface area contributed by atoms with Gasteiger partial charge in [0.25, 0.3) is 5.91 Å². The van der Waals surface area contributed by atoms with Crippen molar-refractivity contribution in [2.75, 3.05) is 13.1 Å². The topological polar surface area (TPSA) is 42.5 Å². The van der Waals surface area contributed by atoms with Gasteiger partial charge < -0.3 is 4.90 Å². The summed E-state index contributed by atoms with van der Waals surface area (Å²) in [6.45, 7) is 7.54. The molecule has 0 atom stereocenters. The molecule has 0 unspecified atom stereocenters. The Morgan fingerprint density at radius 2 is 1.79 bits per heavy atom. The standard InChI is InChI=1S/C20H23Cl3N4O/c1-4-9-25(10-5-2)19(28)18-15(6-3)24-20-26(18)12-17(23)27(20)16-8-7-13(21)11-14(16)22/h7-8,11-12H,4-6,9-10H2,1-3H3. The van der Waals surface area contributed by atoms with Gasteiger partial charge in [0.05, 0.1) is 16.4 Å². The van der Waals surface area contributed by atoms with E-state index < -0.39 is 0 Å². The number of imidazole rings is 2. The molecule has 150 valence electrons. The van der Waals surface area contributed by atoms with Gasteiger partial charge in [-0.3, -0.25) is 13.8 Å². The number of carbonyl (C=O) groups is 1. The van der Waals surface area contributed by atoms with E-state index in [2.05, 4.69) is 13.8 Å². The lowest BCUT2D eigenvalue weighted by molar-refractivity contribution is 0.0747. The molecule has 0 N–H and O–H groups in total. The van der Waals surface area contributed by atoms with Crippen LogP contribution in [-0.2, 0) is 6.42 Å². The van der Waals surface area contributed by atoms with E-state index in [-0.39, 0.29) is 5.91 Å². The van der Waals surface area contributed by atoms with Gasteiger partial charge >= 0.3 is 0 Å². The van der Waals surface area contributed by atoms with Gasteiger partial charge in [-0.15, -0.1) is 0 Å². The minimum Gasteiger partial charge on any atom is -0.337 e. The molecule has 0 aliphatic carbocycles. The lowest BCUT2D eigenvalue weighted by atomic mass is 10.2. The molecule has 0 radical (unpaired) electrons. The SMILES string of the molecule is CCCN(CCC)C(=O)c1c(CC)nc2n(-c3ccc(Cl)cc3Cl)c(Cl)cn12. The Bertz CT molecular complexity index is 1000. The second-order valence-electron chi connectivity index (χ2n) is 6.61. The summed E-state index contributed by atoms with van der Waals surface area (Å²) in [4.78, 5) is 19.9. The third-order valence-corrected chi connectivity index (χ3v) is 5.38. The number of aryl methyl sites for hydroxylation is 1. The number of carbonyl (C=O) groups excluding carboxylic acids is 1. The highest BCUT2D eigenvalue weighted by Crippen LogP contribution is 2.31. The largest absolute Gasteiger partial charge is 0.337 e. The molecule has 2 aromatic heterocycles. The van der Waals surface area contributed by atoms with Crippen LogP contribution in [0.4, 0.5) is 0 Å². The number of amides is 1. The Labute approximate surface area is 179 Å². The van der Waals surface area contributed by atoms with Crippen LogP contribution in [0.3, 0.4) is 0 Å². The van der Waals surface area contributed by atoms with Crippen molar-refractivity contribution in [2.45, 2.75) is 40.0 Å². The molecule has 0 spiro atoms. The van der Waals surface area contributed by atoms with Crippen molar-refractivity contribution in [1.29, 1.82) is 0 Å². The smallest absolute Gasteiger partial charge is 0.272 e. The molecule has 2 heterocycles. The molecule has 3 aromatic rings. The highest BCUT2D eigenvalue weighted by molar-refractivity contribution is 6.36. The maximum atomic E-state index is 13.3. The van der Waals surface area contributed by atoms with Crippen molar-refractivity contribution in [1.82, 2.24) is 18.9 Å². The van der Waals surface area contributed by atoms with E-state index in [0.29, 0.717) is 51.9 Å². The van der Waals surface area contributed by atoms with Gasteiger partial charge in [-0.05, 0) is 37.5 Å². The molecule has 0 fully saturated rings. The first kappa shape index (κ1) is 21.0. The van der Waals surface area contributed by atoms with Gasteiger partial charge in [-0.25, -0.2) is 4.98 Å². The van der Waals surface area contributed by atoms with E-state index in [9.17, 15) is 4.79 Å². The number of hydrogen-bond acceptors (Lipinski definition) is 2. The first-order chi connectivity index (χ1) is 13.4. The molecule has 0 saturated heterocycles. The Morgan fingerprint density at radius 3 is 2.36 bits per heavy atom. The van der Waals surface area contributed by atoms with E-state index in [4.69, 9.17) is 39.8 Å². The van der Waals surface area contributed by atoms with Crippen LogP contribution in [0.25, 0.3) is 11.5 Å². The van der Waals surface area contributed by atoms with Gasteiger partial charge in [-0.2, -0.15) is 0 Å². The van der Waals surface area contributed by atoms with Crippen molar-refractivity contribution >= 4 is 46.5 Å². The quantitative estimate of drug-likeness (QED) is 0.457. The normalized spacial score (nSPS) is 11.4. The van der Waals surface area contributed by atoms with Crippen LogP contribution in [0.1, 0.15) is 49.8 Å². The van der Waals surface area contributed by atoms with Crippen LogP contribution in [-0.4, -0.2) is 37.8 Å². The number of benzene rings is 1. The summed E-state index contributed by atoms with van der Waals surface area (Å²) in [5, 5.41) is 1.41. The lowest BCUT2D eigenvalue weighted by Crippen LogP contribution is -2.33. The maximum absolute atomic E-state index is 13.3. The van der Waals surface area contributed by atoms with Crippen LogP contribution in [0.15, 0.2) is 24.4 Å². The van der Waals surface area contributed by atoms with E-state index in [1.165, 1.54) is 0 Å². The molecule has 0 bridgehead atoms. The van der Waals surface area contributed by atoms with Gasteiger partial charge in [0.1, 0.15) is 10.8 Å². The van der Waals surface area contributed by atoms with Crippen LogP contribution >= 0.6 is 34.8 Å². The Hall–Kier alpha value is -1.69. The van der Waals surface area contributed by atoms with Crippen LogP contribution in [0.2, 0.25) is 15.2 Å². The molecule has 28 heavy (non-hydrogen) atoms. The average molecular weight is 442 g/mol. The molecule has 8 heteroatoms. The van der Waals surface area contributed by atoms with Gasteiger partial charge in [0, 0.05) is 24.3 Å². The summed E-state index contributed by atoms with van der Waals surface area (Å²) >= 11 is 18.9. The molecule has 3 rings (SSSR count). The molecular weight excluding hydrogens is 419 g/mol. The van der Waals surface area contributed by atoms with Crippen LogP contribution < -0.4 is 0 Å². The highest BCUT2D eigenvalue weighted by atomic mass is 35.5. The molecule has 0 saturated carbocycles. The fourth-order valence-electron chi connectivity index (χ4n) is 3.37. The summed E-state index contributed by atoms with van der Waals surface area (Å²) in [5.74, 6) is 0.534. The molecular formula is C20H23Cl3N4O. The number of halogens is 3. The fraction of sp³-hybridized carbons (Fsp3) is 0.400. The fourth-order valence-corrected chi connectivity index (χ4v) is 4.13. The Balaban J connectivity index is 2.19. The predicted molar refractivity (Wildman–Crippen MR) is 115 cm³/mol. The highest BCUT2D eigenvalue weighted by Gasteiger charge is 2.26. The molecule has 0 aliphatic heterocycles. The van der Waals surface area contributed by atoms with Gasteiger partial charge in [-0.1, -0.05) is 55.6 Å². The van der Waals surface area contributed by atoms with E-state index >= 15 is 0 Å². The lowest BCUT2D eigenvalue weighted by Gasteiger charge is -2.21. The Kier molecular flexibility index (Phi) is 6.58. The second kappa shape index (κ2) is 8.76. The van der Waals surface area contributed by atoms with Crippen molar-refractivity contribution in [3.8, 4) is 5.69 Å². The number of aromatic nitrogens is 3. The Morgan fingerprint density at radius 1 is 1.11 bits per heavy atom. The van der Waals surface area contributed by atoms with Gasteiger partial charge in [0.2, 0.25) is 5.78 Å². The third-order valence-electron chi connectivity index (χ3n) is 4.58. The summed E-state index contributed by atoms with van der Waals surface area (Å²) in [6.07, 6.45) is 4.16. The number of hydrogen-bond donors (Lipinski definition) is 0. The zero-order valence-corrected chi connectivity index (χ0v) is 18.4. The summed E-state index contributed by atoms with van der Waals surface area (Å²) in [7, 11) is 0. The summed E-state index contributed by atoms with van der Waals surface area (Å²) in [6, 6.07) is 5.19. The second-order valence-corrected chi connectivity index (χ2v) is 7.84. The third kappa shape index (κ3) is 3.76. The molecule has 1 amide bonds. The van der Waals surface area contributed by atoms with E-state index in [1.807, 2.05) is 11.8 Å². The van der Waals surface area contributed by atoms with Crippen molar-refractivity contribution in [3.63, 3.8) is 0 Å². The predicted octanol–water partition coefficient (Wildman–Crippen LogP) is 5.91. The van der Waals surface area contributed by atoms with Crippen molar-refractivity contribution in [3.05, 3.63) is 51.0 Å². The van der Waals surface area contributed by atoms with Crippen LogP contribution in [0.5, 0.6) is 0 Å². The number of fused-ring (bicyclic) bond motifs is 1. The van der Waals surface area contributed by atoms with Gasteiger partial charge in [0.15, 0.2) is 0 Å². The van der Waals surface area contributed by atoms with Crippen molar-refractivity contribution < 1.29 is 4.79 Å². The van der Waals surface area contributed by atoms with E-state index in [1.54, 1.807) is 33.4 Å². The maximum Gasteiger partial charge on any atom is 0.272 e. The van der Waals surface area contributed by atoms with E-state index in [0.717, 1.165) is 18.5 Å². The minimum atomic E-state index is -0.0240. The summed E-state index contributed by atoms with van der Waals surface area (Å²) < 4.78 is 3.51. The number of rotatable bonds is 7. The van der Waals surface area contributed by atoms with Crippen LogP contribution in [0, 0.1) is 0 Å². The average Bonchev–Trinajstić information content (AvgIpc) is 3.15. The molecule has 0 aliphatic rings. The zero-order chi connectivity index (χ0) is 20.4. The first-order valence-electron chi connectivity index (χ1n) is 9.45.